The number of anilines is 1. The number of halogens is 1. The minimum atomic E-state index is -3.74. The van der Waals surface area contributed by atoms with Gasteiger partial charge in [-0.05, 0) is 43.4 Å². The van der Waals surface area contributed by atoms with E-state index in [2.05, 4.69) is 25.6 Å². The Kier molecular flexibility index (Phi) is 5.53. The Labute approximate surface area is 189 Å². The monoisotopic (exact) mass is 476 g/mol. The van der Waals surface area contributed by atoms with Crippen molar-refractivity contribution in [2.24, 2.45) is 0 Å². The van der Waals surface area contributed by atoms with Crippen LogP contribution in [0.3, 0.4) is 0 Å². The van der Waals surface area contributed by atoms with E-state index < -0.39 is 28.1 Å². The quantitative estimate of drug-likeness (QED) is 0.433. The first-order chi connectivity index (χ1) is 15.8. The second kappa shape index (κ2) is 8.26. The summed E-state index contributed by atoms with van der Waals surface area (Å²) >= 11 is 0. The van der Waals surface area contributed by atoms with Crippen molar-refractivity contribution in [3.63, 3.8) is 0 Å². The molecule has 12 heteroatoms. The highest BCUT2D eigenvalue weighted by molar-refractivity contribution is 7.91. The SMILES string of the molecule is CCCS(=O)(=O)c1nc(NC2CC2c2ccc(F)cc2)c2nnn([C@@H]3CC[C@@H](O)[C@H]3O)c2n1. The summed E-state index contributed by atoms with van der Waals surface area (Å²) in [6.45, 7) is 1.76. The van der Waals surface area contributed by atoms with Gasteiger partial charge in [-0.1, -0.05) is 24.3 Å². The molecule has 0 spiro atoms. The molecule has 0 radical (unpaired) electrons. The molecule has 0 amide bonds. The van der Waals surface area contributed by atoms with Crippen LogP contribution >= 0.6 is 0 Å². The first-order valence-corrected chi connectivity index (χ1v) is 12.7. The van der Waals surface area contributed by atoms with Crippen LogP contribution in [0.1, 0.15) is 50.1 Å². The number of aromatic nitrogens is 5. The van der Waals surface area contributed by atoms with Crippen molar-refractivity contribution >= 4 is 26.8 Å². The number of hydrogen-bond donors (Lipinski definition) is 3. The molecule has 176 valence electrons. The highest BCUT2D eigenvalue weighted by Crippen LogP contribution is 2.43. The van der Waals surface area contributed by atoms with Gasteiger partial charge < -0.3 is 15.5 Å². The van der Waals surface area contributed by atoms with Crippen molar-refractivity contribution in [2.45, 2.75) is 68.0 Å². The fourth-order valence-electron chi connectivity index (χ4n) is 4.45. The summed E-state index contributed by atoms with van der Waals surface area (Å²) in [6, 6.07) is 5.70. The van der Waals surface area contributed by atoms with E-state index in [1.54, 1.807) is 19.1 Å². The molecular formula is C21H25FN6O4S. The molecule has 10 nitrogen and oxygen atoms in total. The van der Waals surface area contributed by atoms with Gasteiger partial charge in [0.05, 0.1) is 17.9 Å². The molecule has 5 atom stereocenters. The van der Waals surface area contributed by atoms with E-state index in [4.69, 9.17) is 0 Å². The standard InChI is InChI=1S/C21H25FN6O4S/c1-2-9-33(31,32)21-24-19(23-14-10-13(14)11-3-5-12(22)6-4-11)17-20(25-21)28(27-26-17)15-7-8-16(29)18(15)30/h3-6,13-16,18,29-30H,2,7-10H2,1H3,(H,23,24,25)/t13?,14?,15-,16-,18+/m1/s1. The first kappa shape index (κ1) is 22.1. The maximum absolute atomic E-state index is 13.2. The largest absolute Gasteiger partial charge is 0.390 e. The van der Waals surface area contributed by atoms with E-state index in [0.29, 0.717) is 24.8 Å². The van der Waals surface area contributed by atoms with Crippen LogP contribution in [-0.4, -0.2) is 67.6 Å². The van der Waals surface area contributed by atoms with E-state index in [-0.39, 0.29) is 40.2 Å². The molecule has 2 aromatic heterocycles. The molecule has 2 saturated carbocycles. The van der Waals surface area contributed by atoms with Crippen LogP contribution in [0.25, 0.3) is 11.2 Å². The molecule has 5 rings (SSSR count). The molecule has 0 saturated heterocycles. The molecule has 2 unspecified atom stereocenters. The summed E-state index contributed by atoms with van der Waals surface area (Å²) in [4.78, 5) is 8.56. The lowest BCUT2D eigenvalue weighted by atomic mass is 10.1. The summed E-state index contributed by atoms with van der Waals surface area (Å²) in [5.74, 6) is -0.0221. The van der Waals surface area contributed by atoms with Gasteiger partial charge in [0.2, 0.25) is 9.84 Å². The number of nitrogens with zero attached hydrogens (tertiary/aromatic N) is 5. The summed E-state index contributed by atoms with van der Waals surface area (Å²) in [7, 11) is -3.74. The summed E-state index contributed by atoms with van der Waals surface area (Å²) in [5.41, 5.74) is 1.47. The molecule has 3 aromatic rings. The Morgan fingerprint density at radius 1 is 1.18 bits per heavy atom. The third kappa shape index (κ3) is 4.06. The highest BCUT2D eigenvalue weighted by atomic mass is 32.2. The number of rotatable bonds is 7. The minimum absolute atomic E-state index is 0.0284. The average Bonchev–Trinajstić information content (AvgIpc) is 3.28. The van der Waals surface area contributed by atoms with E-state index in [0.717, 1.165) is 12.0 Å². The maximum Gasteiger partial charge on any atom is 0.251 e. The molecule has 0 bridgehead atoms. The molecule has 2 aliphatic rings. The molecule has 0 aliphatic heterocycles. The van der Waals surface area contributed by atoms with Gasteiger partial charge in [0.15, 0.2) is 17.0 Å². The van der Waals surface area contributed by atoms with Gasteiger partial charge in [0.25, 0.3) is 5.16 Å². The number of aliphatic hydroxyl groups excluding tert-OH is 2. The Balaban J connectivity index is 1.52. The van der Waals surface area contributed by atoms with E-state index in [1.165, 1.54) is 16.8 Å². The van der Waals surface area contributed by atoms with Crippen LogP contribution in [0.4, 0.5) is 10.2 Å². The second-order valence-corrected chi connectivity index (χ2v) is 10.7. The van der Waals surface area contributed by atoms with Crippen LogP contribution < -0.4 is 5.32 Å². The summed E-state index contributed by atoms with van der Waals surface area (Å²) in [5, 5.41) is 31.6. The van der Waals surface area contributed by atoms with Gasteiger partial charge >= 0.3 is 0 Å². The first-order valence-electron chi connectivity index (χ1n) is 11.0. The lowest BCUT2D eigenvalue weighted by molar-refractivity contribution is 0.0215. The molecule has 3 N–H and O–H groups in total. The number of aliphatic hydroxyl groups is 2. The van der Waals surface area contributed by atoms with Crippen LogP contribution in [0.5, 0.6) is 0 Å². The Morgan fingerprint density at radius 3 is 2.61 bits per heavy atom. The van der Waals surface area contributed by atoms with E-state index in [1.807, 2.05) is 0 Å². The van der Waals surface area contributed by atoms with Crippen LogP contribution in [0.15, 0.2) is 29.4 Å². The smallest absolute Gasteiger partial charge is 0.251 e. The summed E-state index contributed by atoms with van der Waals surface area (Å²) in [6.07, 6.45) is 0.0945. The zero-order chi connectivity index (χ0) is 23.3. The Hall–Kier alpha value is -2.70. The van der Waals surface area contributed by atoms with Crippen molar-refractivity contribution in [3.05, 3.63) is 35.6 Å². The number of nitrogens with one attached hydrogen (secondary N) is 1. The predicted molar refractivity (Wildman–Crippen MR) is 117 cm³/mol. The summed E-state index contributed by atoms with van der Waals surface area (Å²) < 4.78 is 40.2. The van der Waals surface area contributed by atoms with Crippen molar-refractivity contribution in [3.8, 4) is 0 Å². The average molecular weight is 477 g/mol. The Morgan fingerprint density at radius 2 is 1.94 bits per heavy atom. The zero-order valence-electron chi connectivity index (χ0n) is 18.0. The number of fused-ring (bicyclic) bond motifs is 1. The normalized spacial score (nSPS) is 27.2. The van der Waals surface area contributed by atoms with E-state index >= 15 is 0 Å². The number of benzene rings is 1. The molecular weight excluding hydrogens is 451 g/mol. The number of sulfone groups is 1. The van der Waals surface area contributed by atoms with Crippen molar-refractivity contribution in [1.82, 2.24) is 25.0 Å². The maximum atomic E-state index is 13.2. The fraction of sp³-hybridized carbons (Fsp3) is 0.524. The molecule has 2 fully saturated rings. The minimum Gasteiger partial charge on any atom is -0.390 e. The van der Waals surface area contributed by atoms with Gasteiger partial charge in [0, 0.05) is 12.0 Å². The van der Waals surface area contributed by atoms with Crippen molar-refractivity contribution in [1.29, 1.82) is 0 Å². The van der Waals surface area contributed by atoms with Crippen LogP contribution in [0, 0.1) is 5.82 Å². The highest BCUT2D eigenvalue weighted by Gasteiger charge is 2.40. The number of hydrogen-bond acceptors (Lipinski definition) is 9. The molecule has 2 heterocycles. The van der Waals surface area contributed by atoms with Crippen molar-refractivity contribution in [2.75, 3.05) is 11.1 Å². The van der Waals surface area contributed by atoms with Gasteiger partial charge in [-0.15, -0.1) is 5.10 Å². The van der Waals surface area contributed by atoms with E-state index in [9.17, 15) is 23.0 Å². The topological polar surface area (TPSA) is 143 Å². The molecule has 33 heavy (non-hydrogen) atoms. The van der Waals surface area contributed by atoms with Crippen LogP contribution in [0.2, 0.25) is 0 Å². The van der Waals surface area contributed by atoms with Crippen molar-refractivity contribution < 1.29 is 23.0 Å². The molecule has 1 aromatic carbocycles. The van der Waals surface area contributed by atoms with Gasteiger partial charge in [0.1, 0.15) is 11.9 Å². The van der Waals surface area contributed by atoms with Gasteiger partial charge in [-0.25, -0.2) is 17.5 Å². The third-order valence-electron chi connectivity index (χ3n) is 6.33. The van der Waals surface area contributed by atoms with Gasteiger partial charge in [-0.2, -0.15) is 9.97 Å². The lowest BCUT2D eigenvalue weighted by Gasteiger charge is -2.17. The Bertz CT molecular complexity index is 1280. The van der Waals surface area contributed by atoms with Crippen LogP contribution in [-0.2, 0) is 9.84 Å². The van der Waals surface area contributed by atoms with Gasteiger partial charge in [-0.3, -0.25) is 0 Å². The molecule has 2 aliphatic carbocycles. The zero-order valence-corrected chi connectivity index (χ0v) is 18.8. The second-order valence-electron chi connectivity index (χ2n) is 8.73. The fourth-order valence-corrected chi connectivity index (χ4v) is 5.62. The predicted octanol–water partition coefficient (Wildman–Crippen LogP) is 1.57. The lowest BCUT2D eigenvalue weighted by Crippen LogP contribution is -2.28. The third-order valence-corrected chi connectivity index (χ3v) is 8.01.